The van der Waals surface area contributed by atoms with Crippen LogP contribution < -0.4 is 15.1 Å². The highest BCUT2D eigenvalue weighted by atomic mass is 16.1. The molecule has 0 spiro atoms. The number of amides is 1. The standard InChI is InChI=1S/C16H17N5O/c22-15-10-12-3-4-14(18-16(12)19-15)21-8-6-20(7-9-21)13-2-1-5-17-11-13/h1-5,11H,6-10H2,(H,18,19,22). The molecule has 4 rings (SSSR count). The zero-order chi connectivity index (χ0) is 14.9. The number of hydrogen-bond acceptors (Lipinski definition) is 5. The molecule has 1 N–H and O–H groups in total. The molecule has 6 nitrogen and oxygen atoms in total. The molecule has 0 unspecified atom stereocenters. The van der Waals surface area contributed by atoms with Crippen LogP contribution in [0.3, 0.4) is 0 Å². The lowest BCUT2D eigenvalue weighted by Crippen LogP contribution is -2.46. The van der Waals surface area contributed by atoms with Crippen LogP contribution in [0.4, 0.5) is 17.3 Å². The third-order valence-corrected chi connectivity index (χ3v) is 4.19. The molecule has 0 atom stereocenters. The second-order valence-corrected chi connectivity index (χ2v) is 5.59. The average molecular weight is 295 g/mol. The van der Waals surface area contributed by atoms with E-state index in [4.69, 9.17) is 0 Å². The number of piperazine rings is 1. The van der Waals surface area contributed by atoms with Crippen LogP contribution >= 0.6 is 0 Å². The topological polar surface area (TPSA) is 61.4 Å². The first-order chi connectivity index (χ1) is 10.8. The molecule has 0 saturated carbocycles. The second-order valence-electron chi connectivity index (χ2n) is 5.59. The Morgan fingerprint density at radius 3 is 2.64 bits per heavy atom. The maximum Gasteiger partial charge on any atom is 0.230 e. The van der Waals surface area contributed by atoms with Gasteiger partial charge in [-0.3, -0.25) is 9.78 Å². The van der Waals surface area contributed by atoms with Crippen molar-refractivity contribution in [2.45, 2.75) is 6.42 Å². The molecular formula is C16H17N5O. The Labute approximate surface area is 128 Å². The minimum Gasteiger partial charge on any atom is -0.367 e. The van der Waals surface area contributed by atoms with Crippen LogP contribution in [-0.2, 0) is 11.2 Å². The zero-order valence-corrected chi connectivity index (χ0v) is 12.2. The van der Waals surface area contributed by atoms with Crippen LogP contribution in [0.1, 0.15) is 5.56 Å². The van der Waals surface area contributed by atoms with E-state index in [0.29, 0.717) is 6.42 Å². The first kappa shape index (κ1) is 13.1. The third-order valence-electron chi connectivity index (χ3n) is 4.19. The van der Waals surface area contributed by atoms with Gasteiger partial charge in [-0.25, -0.2) is 4.98 Å². The highest BCUT2D eigenvalue weighted by Crippen LogP contribution is 2.25. The minimum absolute atomic E-state index is 0.0287. The number of hydrogen-bond donors (Lipinski definition) is 1. The summed E-state index contributed by atoms with van der Waals surface area (Å²) in [4.78, 5) is 24.8. The van der Waals surface area contributed by atoms with Gasteiger partial charge >= 0.3 is 0 Å². The number of anilines is 3. The number of carbonyl (C=O) groups is 1. The fourth-order valence-corrected chi connectivity index (χ4v) is 2.99. The molecule has 4 heterocycles. The van der Waals surface area contributed by atoms with Crippen molar-refractivity contribution in [3.05, 3.63) is 42.2 Å². The molecule has 6 heteroatoms. The number of nitrogens with zero attached hydrogens (tertiary/aromatic N) is 4. The molecule has 2 aliphatic rings. The molecule has 2 aromatic rings. The molecule has 1 fully saturated rings. The van der Waals surface area contributed by atoms with E-state index < -0.39 is 0 Å². The predicted octanol–water partition coefficient (Wildman–Crippen LogP) is 1.30. The predicted molar refractivity (Wildman–Crippen MR) is 85.2 cm³/mol. The van der Waals surface area contributed by atoms with E-state index in [0.717, 1.165) is 49.1 Å². The Bertz CT molecular complexity index is 695. The van der Waals surface area contributed by atoms with Gasteiger partial charge in [-0.2, -0.15) is 0 Å². The maximum atomic E-state index is 11.4. The summed E-state index contributed by atoms with van der Waals surface area (Å²) < 4.78 is 0. The van der Waals surface area contributed by atoms with E-state index in [9.17, 15) is 4.79 Å². The number of nitrogens with one attached hydrogen (secondary N) is 1. The molecule has 2 aromatic heterocycles. The zero-order valence-electron chi connectivity index (χ0n) is 12.2. The van der Waals surface area contributed by atoms with E-state index >= 15 is 0 Å². The number of pyridine rings is 2. The van der Waals surface area contributed by atoms with E-state index in [1.54, 1.807) is 6.20 Å². The smallest absolute Gasteiger partial charge is 0.230 e. The molecule has 2 aliphatic heterocycles. The van der Waals surface area contributed by atoms with Gasteiger partial charge in [0.25, 0.3) is 0 Å². The summed E-state index contributed by atoms with van der Waals surface area (Å²) in [7, 11) is 0. The van der Waals surface area contributed by atoms with Gasteiger partial charge in [0, 0.05) is 37.9 Å². The largest absolute Gasteiger partial charge is 0.367 e. The fourth-order valence-electron chi connectivity index (χ4n) is 2.99. The molecule has 22 heavy (non-hydrogen) atoms. The van der Waals surface area contributed by atoms with Crippen molar-refractivity contribution in [3.63, 3.8) is 0 Å². The van der Waals surface area contributed by atoms with Crippen molar-refractivity contribution >= 4 is 23.2 Å². The van der Waals surface area contributed by atoms with Gasteiger partial charge in [-0.15, -0.1) is 0 Å². The Kier molecular flexibility index (Phi) is 3.14. The molecule has 112 valence electrons. The van der Waals surface area contributed by atoms with Gasteiger partial charge in [0.15, 0.2) is 0 Å². The Balaban J connectivity index is 1.46. The normalized spacial score (nSPS) is 17.4. The monoisotopic (exact) mass is 295 g/mol. The van der Waals surface area contributed by atoms with Crippen LogP contribution in [-0.4, -0.2) is 42.1 Å². The van der Waals surface area contributed by atoms with E-state index in [-0.39, 0.29) is 5.91 Å². The molecule has 1 saturated heterocycles. The molecule has 0 radical (unpaired) electrons. The van der Waals surface area contributed by atoms with E-state index in [1.165, 1.54) is 0 Å². The lowest BCUT2D eigenvalue weighted by molar-refractivity contribution is -0.115. The SMILES string of the molecule is O=C1Cc2ccc(N3CCN(c4cccnc4)CC3)nc2N1. The Hall–Kier alpha value is -2.63. The number of aromatic nitrogens is 2. The summed E-state index contributed by atoms with van der Waals surface area (Å²) in [5.41, 5.74) is 2.15. The van der Waals surface area contributed by atoms with Gasteiger partial charge < -0.3 is 15.1 Å². The van der Waals surface area contributed by atoms with Crippen molar-refractivity contribution in [2.24, 2.45) is 0 Å². The van der Waals surface area contributed by atoms with Gasteiger partial charge in [0.2, 0.25) is 5.91 Å². The first-order valence-electron chi connectivity index (χ1n) is 7.49. The van der Waals surface area contributed by atoms with Crippen molar-refractivity contribution in [1.82, 2.24) is 9.97 Å². The van der Waals surface area contributed by atoms with Crippen LogP contribution in [0, 0.1) is 0 Å². The van der Waals surface area contributed by atoms with Gasteiger partial charge in [0.1, 0.15) is 11.6 Å². The number of rotatable bonds is 2. The van der Waals surface area contributed by atoms with Crippen LogP contribution in [0.5, 0.6) is 0 Å². The summed E-state index contributed by atoms with van der Waals surface area (Å²) in [6, 6.07) is 8.07. The summed E-state index contributed by atoms with van der Waals surface area (Å²) in [5.74, 6) is 1.69. The Morgan fingerprint density at radius 1 is 1.05 bits per heavy atom. The van der Waals surface area contributed by atoms with Gasteiger partial charge in [-0.05, 0) is 18.2 Å². The second kappa shape index (κ2) is 5.29. The molecule has 0 aliphatic carbocycles. The van der Waals surface area contributed by atoms with E-state index in [2.05, 4.69) is 31.2 Å². The summed E-state index contributed by atoms with van der Waals surface area (Å²) in [5, 5.41) is 2.82. The summed E-state index contributed by atoms with van der Waals surface area (Å²) >= 11 is 0. The van der Waals surface area contributed by atoms with Crippen molar-refractivity contribution in [1.29, 1.82) is 0 Å². The lowest BCUT2D eigenvalue weighted by Gasteiger charge is -2.36. The quantitative estimate of drug-likeness (QED) is 0.905. The third kappa shape index (κ3) is 2.36. The molecule has 0 bridgehead atoms. The first-order valence-corrected chi connectivity index (χ1v) is 7.49. The molecule has 0 aromatic carbocycles. The van der Waals surface area contributed by atoms with Gasteiger partial charge in [-0.1, -0.05) is 6.07 Å². The van der Waals surface area contributed by atoms with Crippen LogP contribution in [0.25, 0.3) is 0 Å². The lowest BCUT2D eigenvalue weighted by atomic mass is 10.2. The molecule has 1 amide bonds. The van der Waals surface area contributed by atoms with Crippen LogP contribution in [0.15, 0.2) is 36.7 Å². The fraction of sp³-hybridized carbons (Fsp3) is 0.312. The number of fused-ring (bicyclic) bond motifs is 1. The highest BCUT2D eigenvalue weighted by molar-refractivity contribution is 5.98. The van der Waals surface area contributed by atoms with Crippen molar-refractivity contribution < 1.29 is 4.79 Å². The molecular weight excluding hydrogens is 278 g/mol. The Morgan fingerprint density at radius 2 is 1.86 bits per heavy atom. The summed E-state index contributed by atoms with van der Waals surface area (Å²) in [6.07, 6.45) is 4.14. The van der Waals surface area contributed by atoms with Gasteiger partial charge in [0.05, 0.1) is 18.3 Å². The van der Waals surface area contributed by atoms with Crippen molar-refractivity contribution in [3.8, 4) is 0 Å². The maximum absolute atomic E-state index is 11.4. The number of carbonyl (C=O) groups excluding carboxylic acids is 1. The van der Waals surface area contributed by atoms with E-state index in [1.807, 2.05) is 24.4 Å². The summed E-state index contributed by atoms with van der Waals surface area (Å²) in [6.45, 7) is 3.71. The van der Waals surface area contributed by atoms with Crippen molar-refractivity contribution in [2.75, 3.05) is 41.3 Å². The van der Waals surface area contributed by atoms with Crippen LogP contribution in [0.2, 0.25) is 0 Å². The highest BCUT2D eigenvalue weighted by Gasteiger charge is 2.22. The minimum atomic E-state index is 0.0287. The average Bonchev–Trinajstić information content (AvgIpc) is 2.95.